The molecule has 0 atom stereocenters. The second-order valence-corrected chi connectivity index (χ2v) is 5.65. The molecule has 0 bridgehead atoms. The van der Waals surface area contributed by atoms with Crippen LogP contribution in [0.4, 0.5) is 5.69 Å². The number of aryl methyl sites for hydroxylation is 1. The summed E-state index contributed by atoms with van der Waals surface area (Å²) in [6.07, 6.45) is 0. The molecule has 3 nitrogen and oxygen atoms in total. The molecule has 0 unspecified atom stereocenters. The SMILES string of the molecule is Cc1cccc(CN(C)Cc2cc(N)ccc2Br)n1. The molecule has 1 aromatic heterocycles. The van der Waals surface area contributed by atoms with Crippen LogP contribution < -0.4 is 5.73 Å². The van der Waals surface area contributed by atoms with Gasteiger partial charge >= 0.3 is 0 Å². The Morgan fingerprint density at radius 3 is 2.74 bits per heavy atom. The summed E-state index contributed by atoms with van der Waals surface area (Å²) in [5, 5.41) is 0. The lowest BCUT2D eigenvalue weighted by Crippen LogP contribution is -2.18. The van der Waals surface area contributed by atoms with E-state index in [-0.39, 0.29) is 0 Å². The van der Waals surface area contributed by atoms with Crippen molar-refractivity contribution >= 4 is 21.6 Å². The van der Waals surface area contributed by atoms with Crippen molar-refractivity contribution in [1.82, 2.24) is 9.88 Å². The van der Waals surface area contributed by atoms with Gasteiger partial charge in [0.25, 0.3) is 0 Å². The zero-order chi connectivity index (χ0) is 13.8. The van der Waals surface area contributed by atoms with Gasteiger partial charge in [-0.25, -0.2) is 0 Å². The molecule has 100 valence electrons. The summed E-state index contributed by atoms with van der Waals surface area (Å²) in [5.41, 5.74) is 9.94. The van der Waals surface area contributed by atoms with Gasteiger partial charge in [-0.3, -0.25) is 9.88 Å². The van der Waals surface area contributed by atoms with E-state index in [1.54, 1.807) is 0 Å². The standard InChI is InChI=1S/C15H18BrN3/c1-11-4-3-5-14(18-11)10-19(2)9-12-8-13(17)6-7-15(12)16/h3-8H,9-10,17H2,1-2H3. The third-order valence-electron chi connectivity index (χ3n) is 2.89. The Bertz CT molecular complexity index is 569. The Morgan fingerprint density at radius 1 is 1.21 bits per heavy atom. The van der Waals surface area contributed by atoms with Crippen molar-refractivity contribution in [2.45, 2.75) is 20.0 Å². The smallest absolute Gasteiger partial charge is 0.0547 e. The Balaban J connectivity index is 2.05. The lowest BCUT2D eigenvalue weighted by Gasteiger charge is -2.17. The first-order valence-corrected chi connectivity index (χ1v) is 6.99. The number of pyridine rings is 1. The molecule has 0 aliphatic carbocycles. The van der Waals surface area contributed by atoms with Gasteiger partial charge in [0.05, 0.1) is 5.69 Å². The molecule has 0 fully saturated rings. The Morgan fingerprint density at radius 2 is 2.00 bits per heavy atom. The van der Waals surface area contributed by atoms with E-state index in [0.29, 0.717) is 0 Å². The molecule has 0 saturated carbocycles. The van der Waals surface area contributed by atoms with Crippen LogP contribution in [0.3, 0.4) is 0 Å². The number of halogens is 1. The van der Waals surface area contributed by atoms with Crippen LogP contribution in [-0.2, 0) is 13.1 Å². The van der Waals surface area contributed by atoms with Gasteiger partial charge in [-0.1, -0.05) is 22.0 Å². The summed E-state index contributed by atoms with van der Waals surface area (Å²) in [6.45, 7) is 3.67. The van der Waals surface area contributed by atoms with Crippen LogP contribution >= 0.6 is 15.9 Å². The summed E-state index contributed by atoms with van der Waals surface area (Å²) >= 11 is 3.56. The average molecular weight is 320 g/mol. The summed E-state index contributed by atoms with van der Waals surface area (Å²) < 4.78 is 1.09. The molecule has 0 spiro atoms. The highest BCUT2D eigenvalue weighted by Crippen LogP contribution is 2.21. The molecule has 0 aliphatic heterocycles. The Labute approximate surface area is 122 Å². The van der Waals surface area contributed by atoms with Crippen LogP contribution in [0, 0.1) is 6.92 Å². The van der Waals surface area contributed by atoms with Crippen LogP contribution in [0.5, 0.6) is 0 Å². The third-order valence-corrected chi connectivity index (χ3v) is 3.66. The van der Waals surface area contributed by atoms with E-state index in [0.717, 1.165) is 34.6 Å². The monoisotopic (exact) mass is 319 g/mol. The maximum atomic E-state index is 5.82. The highest BCUT2D eigenvalue weighted by atomic mass is 79.9. The van der Waals surface area contributed by atoms with Crippen molar-refractivity contribution in [2.24, 2.45) is 0 Å². The minimum absolute atomic E-state index is 0.792. The van der Waals surface area contributed by atoms with Gasteiger partial charge in [0.2, 0.25) is 0 Å². The average Bonchev–Trinajstić information content (AvgIpc) is 2.34. The van der Waals surface area contributed by atoms with Crippen LogP contribution in [-0.4, -0.2) is 16.9 Å². The second-order valence-electron chi connectivity index (χ2n) is 4.79. The number of nitrogens with two attached hydrogens (primary N) is 1. The Kier molecular flexibility index (Phi) is 4.56. The maximum absolute atomic E-state index is 5.82. The number of anilines is 1. The fraction of sp³-hybridized carbons (Fsp3) is 0.267. The first kappa shape index (κ1) is 14.0. The summed E-state index contributed by atoms with van der Waals surface area (Å²) in [5.74, 6) is 0. The van der Waals surface area contributed by atoms with E-state index in [9.17, 15) is 0 Å². The van der Waals surface area contributed by atoms with Crippen molar-refractivity contribution in [1.29, 1.82) is 0 Å². The zero-order valence-corrected chi connectivity index (χ0v) is 12.8. The van der Waals surface area contributed by atoms with Gasteiger partial charge in [0, 0.05) is 28.9 Å². The Hall–Kier alpha value is -1.39. The number of hydrogen-bond donors (Lipinski definition) is 1. The topological polar surface area (TPSA) is 42.1 Å². The van der Waals surface area contributed by atoms with Crippen LogP contribution in [0.15, 0.2) is 40.9 Å². The van der Waals surface area contributed by atoms with E-state index >= 15 is 0 Å². The summed E-state index contributed by atoms with van der Waals surface area (Å²) in [6, 6.07) is 12.0. The number of nitrogen functional groups attached to an aromatic ring is 1. The number of hydrogen-bond acceptors (Lipinski definition) is 3. The van der Waals surface area contributed by atoms with E-state index in [1.807, 2.05) is 37.3 Å². The molecule has 1 heterocycles. The summed E-state index contributed by atoms with van der Waals surface area (Å²) in [7, 11) is 2.08. The highest BCUT2D eigenvalue weighted by Gasteiger charge is 2.06. The van der Waals surface area contributed by atoms with Crippen molar-refractivity contribution < 1.29 is 0 Å². The van der Waals surface area contributed by atoms with Gasteiger partial charge < -0.3 is 5.73 Å². The molecule has 4 heteroatoms. The molecule has 2 aromatic rings. The normalized spacial score (nSPS) is 10.9. The molecule has 2 rings (SSSR count). The number of rotatable bonds is 4. The van der Waals surface area contributed by atoms with E-state index in [4.69, 9.17) is 5.73 Å². The molecule has 0 saturated heterocycles. The highest BCUT2D eigenvalue weighted by molar-refractivity contribution is 9.10. The van der Waals surface area contributed by atoms with E-state index < -0.39 is 0 Å². The van der Waals surface area contributed by atoms with Gasteiger partial charge in [-0.2, -0.15) is 0 Å². The van der Waals surface area contributed by atoms with Crippen molar-refractivity contribution in [2.75, 3.05) is 12.8 Å². The maximum Gasteiger partial charge on any atom is 0.0547 e. The van der Waals surface area contributed by atoms with Crippen LogP contribution in [0.1, 0.15) is 17.0 Å². The minimum atomic E-state index is 0.792. The fourth-order valence-corrected chi connectivity index (χ4v) is 2.40. The second kappa shape index (κ2) is 6.17. The predicted molar refractivity (Wildman–Crippen MR) is 82.7 cm³/mol. The van der Waals surface area contributed by atoms with Crippen molar-refractivity contribution in [3.8, 4) is 0 Å². The van der Waals surface area contributed by atoms with Crippen molar-refractivity contribution in [3.63, 3.8) is 0 Å². The van der Waals surface area contributed by atoms with Gasteiger partial charge in [0.15, 0.2) is 0 Å². The quantitative estimate of drug-likeness (QED) is 0.878. The largest absolute Gasteiger partial charge is 0.399 e. The predicted octanol–water partition coefficient (Wildman–Crippen LogP) is 3.37. The zero-order valence-electron chi connectivity index (χ0n) is 11.2. The van der Waals surface area contributed by atoms with Gasteiger partial charge in [0.1, 0.15) is 0 Å². The molecular weight excluding hydrogens is 302 g/mol. The summed E-state index contributed by atoms with van der Waals surface area (Å²) in [4.78, 5) is 6.74. The molecule has 0 aliphatic rings. The lowest BCUT2D eigenvalue weighted by atomic mass is 10.2. The first-order chi connectivity index (χ1) is 9.04. The molecule has 0 radical (unpaired) electrons. The number of benzene rings is 1. The lowest BCUT2D eigenvalue weighted by molar-refractivity contribution is 0.314. The number of nitrogens with zero attached hydrogens (tertiary/aromatic N) is 2. The van der Waals surface area contributed by atoms with Gasteiger partial charge in [-0.15, -0.1) is 0 Å². The molecule has 0 amide bonds. The van der Waals surface area contributed by atoms with Crippen LogP contribution in [0.25, 0.3) is 0 Å². The molecule has 2 N–H and O–H groups in total. The number of aromatic nitrogens is 1. The minimum Gasteiger partial charge on any atom is -0.399 e. The molecular formula is C15H18BrN3. The van der Waals surface area contributed by atoms with Crippen LogP contribution in [0.2, 0.25) is 0 Å². The molecule has 19 heavy (non-hydrogen) atoms. The van der Waals surface area contributed by atoms with Gasteiger partial charge in [-0.05, 0) is 49.9 Å². The fourth-order valence-electron chi connectivity index (χ4n) is 2.03. The van der Waals surface area contributed by atoms with E-state index in [1.165, 1.54) is 5.56 Å². The molecule has 1 aromatic carbocycles. The van der Waals surface area contributed by atoms with Crippen molar-refractivity contribution in [3.05, 3.63) is 57.8 Å². The first-order valence-electron chi connectivity index (χ1n) is 6.19. The van der Waals surface area contributed by atoms with E-state index in [2.05, 4.69) is 38.9 Å². The third kappa shape index (κ3) is 4.04.